The van der Waals surface area contributed by atoms with Crippen LogP contribution in [0.2, 0.25) is 0 Å². The first-order valence-corrected chi connectivity index (χ1v) is 5.61. The summed E-state index contributed by atoms with van der Waals surface area (Å²) in [6.45, 7) is 1.83. The van der Waals surface area contributed by atoms with Crippen molar-refractivity contribution in [2.45, 2.75) is 18.6 Å². The molecule has 0 saturated carbocycles. The highest BCUT2D eigenvalue weighted by Crippen LogP contribution is 2.23. The van der Waals surface area contributed by atoms with Crippen molar-refractivity contribution in [1.82, 2.24) is 5.32 Å². The summed E-state index contributed by atoms with van der Waals surface area (Å²) >= 11 is 0. The van der Waals surface area contributed by atoms with E-state index in [1.165, 1.54) is 12.1 Å². The highest BCUT2D eigenvalue weighted by Gasteiger charge is 2.21. The Balaban J connectivity index is 2.03. The lowest BCUT2D eigenvalue weighted by Gasteiger charge is -2.26. The molecule has 0 amide bonds. The lowest BCUT2D eigenvalue weighted by molar-refractivity contribution is 0.0510. The third-order valence-corrected chi connectivity index (χ3v) is 2.85. The molecule has 1 heterocycles. The Hall–Kier alpha value is -1.04. The van der Waals surface area contributed by atoms with Gasteiger partial charge in [0.2, 0.25) is 0 Å². The maximum atomic E-state index is 13.4. The van der Waals surface area contributed by atoms with Crippen LogP contribution in [0, 0.1) is 11.6 Å². The molecular weight excluding hydrogens is 228 g/mol. The minimum absolute atomic E-state index is 0.00243. The number of morpholine rings is 1. The van der Waals surface area contributed by atoms with Gasteiger partial charge in [-0.15, -0.1) is 0 Å². The van der Waals surface area contributed by atoms with E-state index in [4.69, 9.17) is 4.74 Å². The predicted molar refractivity (Wildman–Crippen MR) is 58.5 cm³/mol. The van der Waals surface area contributed by atoms with Crippen molar-refractivity contribution < 1.29 is 18.6 Å². The Kier molecular flexibility index (Phi) is 4.04. The van der Waals surface area contributed by atoms with Crippen LogP contribution in [0.25, 0.3) is 0 Å². The van der Waals surface area contributed by atoms with E-state index in [1.54, 1.807) is 0 Å². The zero-order valence-electron chi connectivity index (χ0n) is 9.33. The van der Waals surface area contributed by atoms with Crippen molar-refractivity contribution in [3.8, 4) is 0 Å². The van der Waals surface area contributed by atoms with E-state index in [0.29, 0.717) is 26.2 Å². The quantitative estimate of drug-likeness (QED) is 0.842. The lowest BCUT2D eigenvalue weighted by atomic mass is 10.0. The molecule has 0 radical (unpaired) electrons. The topological polar surface area (TPSA) is 41.5 Å². The van der Waals surface area contributed by atoms with Crippen LogP contribution < -0.4 is 5.32 Å². The van der Waals surface area contributed by atoms with Gasteiger partial charge >= 0.3 is 0 Å². The Morgan fingerprint density at radius 1 is 1.47 bits per heavy atom. The highest BCUT2D eigenvalue weighted by molar-refractivity contribution is 5.21. The number of aliphatic hydroxyl groups is 1. The Labute approximate surface area is 98.4 Å². The summed E-state index contributed by atoms with van der Waals surface area (Å²) < 4.78 is 31.6. The number of hydrogen-bond acceptors (Lipinski definition) is 3. The number of nitrogens with one attached hydrogen (secondary N) is 1. The second kappa shape index (κ2) is 5.53. The van der Waals surface area contributed by atoms with Gasteiger partial charge in [0.25, 0.3) is 0 Å². The summed E-state index contributed by atoms with van der Waals surface area (Å²) in [5.74, 6) is -1.91. The van der Waals surface area contributed by atoms with Crippen molar-refractivity contribution in [3.63, 3.8) is 0 Å². The average molecular weight is 243 g/mol. The van der Waals surface area contributed by atoms with Crippen LogP contribution in [-0.4, -0.2) is 30.9 Å². The number of halogens is 2. The molecule has 2 rings (SSSR count). The fraction of sp³-hybridized carbons (Fsp3) is 0.500. The lowest BCUT2D eigenvalue weighted by Crippen LogP contribution is -2.42. The van der Waals surface area contributed by atoms with E-state index < -0.39 is 17.7 Å². The highest BCUT2D eigenvalue weighted by atomic mass is 19.2. The molecule has 2 unspecified atom stereocenters. The average Bonchev–Trinajstić information content (AvgIpc) is 2.34. The van der Waals surface area contributed by atoms with E-state index >= 15 is 0 Å². The van der Waals surface area contributed by atoms with Crippen molar-refractivity contribution >= 4 is 0 Å². The number of ether oxygens (including phenoxy) is 1. The first kappa shape index (κ1) is 12.4. The Bertz CT molecular complexity index is 381. The minimum Gasteiger partial charge on any atom is -0.388 e. The normalized spacial score (nSPS) is 22.4. The zero-order chi connectivity index (χ0) is 12.3. The molecule has 0 aromatic heterocycles. The van der Waals surface area contributed by atoms with Crippen LogP contribution in [-0.2, 0) is 4.74 Å². The van der Waals surface area contributed by atoms with Crippen LogP contribution >= 0.6 is 0 Å². The van der Waals surface area contributed by atoms with Crippen LogP contribution in [0.5, 0.6) is 0 Å². The summed E-state index contributed by atoms with van der Waals surface area (Å²) in [5, 5.41) is 13.0. The molecule has 1 aromatic carbocycles. The van der Waals surface area contributed by atoms with Crippen LogP contribution in [0.1, 0.15) is 18.1 Å². The van der Waals surface area contributed by atoms with E-state index in [-0.39, 0.29) is 11.6 Å². The van der Waals surface area contributed by atoms with E-state index in [2.05, 4.69) is 5.32 Å². The molecule has 0 aliphatic carbocycles. The molecule has 94 valence electrons. The molecule has 1 aromatic rings. The maximum Gasteiger partial charge on any atom is 0.164 e. The summed E-state index contributed by atoms with van der Waals surface area (Å²) in [6, 6.07) is 3.80. The molecule has 0 spiro atoms. The molecule has 0 bridgehead atoms. The summed E-state index contributed by atoms with van der Waals surface area (Å²) in [4.78, 5) is 0. The van der Waals surface area contributed by atoms with Gasteiger partial charge in [-0.1, -0.05) is 12.1 Å². The van der Waals surface area contributed by atoms with E-state index in [9.17, 15) is 13.9 Å². The third kappa shape index (κ3) is 3.00. The number of rotatable bonds is 3. The molecule has 1 aliphatic heterocycles. The monoisotopic (exact) mass is 243 g/mol. The third-order valence-electron chi connectivity index (χ3n) is 2.85. The molecule has 5 heteroatoms. The van der Waals surface area contributed by atoms with Gasteiger partial charge in [-0.2, -0.15) is 0 Å². The fourth-order valence-corrected chi connectivity index (χ4v) is 1.95. The Morgan fingerprint density at radius 3 is 3.00 bits per heavy atom. The summed E-state index contributed by atoms with van der Waals surface area (Å²) in [7, 11) is 0. The second-order valence-electron chi connectivity index (χ2n) is 4.12. The first-order chi connectivity index (χ1) is 8.18. The largest absolute Gasteiger partial charge is 0.388 e. The molecule has 1 aliphatic rings. The standard InChI is InChI=1S/C12H15F2NO2/c13-10-3-1-2-9(12(10)14)11(16)6-8-7-17-5-4-15-8/h1-3,8,11,15-16H,4-7H2. The predicted octanol–water partition coefficient (Wildman–Crippen LogP) is 1.38. The van der Waals surface area contributed by atoms with Gasteiger partial charge in [-0.25, -0.2) is 8.78 Å². The van der Waals surface area contributed by atoms with Crippen molar-refractivity contribution in [1.29, 1.82) is 0 Å². The summed E-state index contributed by atoms with van der Waals surface area (Å²) in [5.41, 5.74) is -0.00243. The van der Waals surface area contributed by atoms with Gasteiger partial charge < -0.3 is 15.2 Å². The number of aliphatic hydroxyl groups excluding tert-OH is 1. The minimum atomic E-state index is -1.02. The van der Waals surface area contributed by atoms with Crippen LogP contribution in [0.15, 0.2) is 18.2 Å². The van der Waals surface area contributed by atoms with Gasteiger partial charge in [0.1, 0.15) is 0 Å². The molecule has 1 fully saturated rings. The van der Waals surface area contributed by atoms with Gasteiger partial charge in [0, 0.05) is 18.2 Å². The molecule has 3 nitrogen and oxygen atoms in total. The van der Waals surface area contributed by atoms with Crippen molar-refractivity contribution in [2.24, 2.45) is 0 Å². The van der Waals surface area contributed by atoms with Crippen LogP contribution in [0.4, 0.5) is 8.78 Å². The zero-order valence-corrected chi connectivity index (χ0v) is 9.33. The van der Waals surface area contributed by atoms with Gasteiger partial charge in [-0.05, 0) is 12.5 Å². The fourth-order valence-electron chi connectivity index (χ4n) is 1.95. The van der Waals surface area contributed by atoms with E-state index in [1.807, 2.05) is 0 Å². The summed E-state index contributed by atoms with van der Waals surface area (Å²) in [6.07, 6.45) is -0.717. The van der Waals surface area contributed by atoms with Crippen LogP contribution in [0.3, 0.4) is 0 Å². The maximum absolute atomic E-state index is 13.4. The van der Waals surface area contributed by atoms with Gasteiger partial charge in [-0.3, -0.25) is 0 Å². The van der Waals surface area contributed by atoms with Crippen molar-refractivity contribution in [2.75, 3.05) is 19.8 Å². The van der Waals surface area contributed by atoms with Gasteiger partial charge in [0.15, 0.2) is 11.6 Å². The smallest absolute Gasteiger partial charge is 0.164 e. The van der Waals surface area contributed by atoms with E-state index in [0.717, 1.165) is 6.07 Å². The van der Waals surface area contributed by atoms with Gasteiger partial charge in [0.05, 0.1) is 19.3 Å². The van der Waals surface area contributed by atoms with Crippen molar-refractivity contribution in [3.05, 3.63) is 35.4 Å². The Morgan fingerprint density at radius 2 is 2.29 bits per heavy atom. The number of hydrogen-bond donors (Lipinski definition) is 2. The molecule has 1 saturated heterocycles. The first-order valence-electron chi connectivity index (χ1n) is 5.61. The molecular formula is C12H15F2NO2. The molecule has 17 heavy (non-hydrogen) atoms. The SMILES string of the molecule is OC(CC1COCCN1)c1cccc(F)c1F. The number of benzene rings is 1. The molecule has 2 N–H and O–H groups in total. The molecule has 2 atom stereocenters. The second-order valence-corrected chi connectivity index (χ2v) is 4.12.